The lowest BCUT2D eigenvalue weighted by Crippen LogP contribution is -2.35. The Bertz CT molecular complexity index is 683. The van der Waals surface area contributed by atoms with Crippen molar-refractivity contribution in [2.24, 2.45) is 5.41 Å². The van der Waals surface area contributed by atoms with Crippen molar-refractivity contribution >= 4 is 28.0 Å². The Balaban J connectivity index is 1.66. The summed E-state index contributed by atoms with van der Waals surface area (Å²) < 4.78 is 43.3. The summed E-state index contributed by atoms with van der Waals surface area (Å²) in [5.41, 5.74) is -0.609. The predicted octanol–water partition coefficient (Wildman–Crippen LogP) is 1.09. The zero-order chi connectivity index (χ0) is 20.2. The second kappa shape index (κ2) is 8.55. The average molecular weight is 406 g/mol. The highest BCUT2D eigenvalue weighted by Gasteiger charge is 2.48. The molecule has 3 atom stereocenters. The molecule has 0 aromatic heterocycles. The van der Waals surface area contributed by atoms with E-state index in [9.17, 15) is 22.8 Å². The first-order valence-electron chi connectivity index (χ1n) is 8.99. The van der Waals surface area contributed by atoms with Gasteiger partial charge in [0, 0.05) is 0 Å². The van der Waals surface area contributed by atoms with E-state index in [4.69, 9.17) is 18.4 Å². The second-order valence-corrected chi connectivity index (χ2v) is 9.21. The molecule has 27 heavy (non-hydrogen) atoms. The van der Waals surface area contributed by atoms with E-state index in [2.05, 4.69) is 0 Å². The van der Waals surface area contributed by atoms with Gasteiger partial charge in [-0.25, -0.2) is 0 Å². The lowest BCUT2D eigenvalue weighted by Gasteiger charge is -2.24. The van der Waals surface area contributed by atoms with Crippen LogP contribution >= 0.6 is 0 Å². The summed E-state index contributed by atoms with van der Waals surface area (Å²) in [6.07, 6.45) is -0.325. The number of carbonyl (C=O) groups is 3. The van der Waals surface area contributed by atoms with Crippen LogP contribution in [0.15, 0.2) is 0 Å². The molecule has 0 radical (unpaired) electrons. The molecule has 0 aromatic carbocycles. The summed E-state index contributed by atoms with van der Waals surface area (Å²) in [7, 11) is -3.57. The Hall–Kier alpha value is -1.68. The molecule has 1 aliphatic heterocycles. The van der Waals surface area contributed by atoms with E-state index < -0.39 is 51.4 Å². The maximum Gasteiger partial charge on any atom is 0.317 e. The first-order valence-corrected chi connectivity index (χ1v) is 10.5. The second-order valence-electron chi connectivity index (χ2n) is 7.36. The average Bonchev–Trinajstić information content (AvgIpc) is 2.83. The number of esters is 3. The topological polar surface area (TPSA) is 122 Å². The molecule has 10 heteroatoms. The molecule has 1 saturated heterocycles. The first-order chi connectivity index (χ1) is 12.5. The van der Waals surface area contributed by atoms with Crippen molar-refractivity contribution in [3.63, 3.8) is 0 Å². The molecule has 0 spiro atoms. The van der Waals surface area contributed by atoms with Crippen LogP contribution in [-0.4, -0.2) is 57.0 Å². The molecule has 9 nitrogen and oxygen atoms in total. The van der Waals surface area contributed by atoms with Crippen LogP contribution in [-0.2, 0) is 42.9 Å². The quantitative estimate of drug-likeness (QED) is 0.192. The van der Waals surface area contributed by atoms with Gasteiger partial charge in [-0.2, -0.15) is 8.42 Å². The molecule has 2 rings (SSSR count). The first kappa shape index (κ1) is 21.6. The van der Waals surface area contributed by atoms with E-state index in [0.717, 1.165) is 0 Å². The van der Waals surface area contributed by atoms with Gasteiger partial charge >= 0.3 is 17.9 Å². The lowest BCUT2D eigenvalue weighted by atomic mass is 9.91. The van der Waals surface area contributed by atoms with Gasteiger partial charge in [-0.3, -0.25) is 18.6 Å². The zero-order valence-electron chi connectivity index (χ0n) is 15.8. The van der Waals surface area contributed by atoms with Crippen LogP contribution in [0.2, 0.25) is 0 Å². The lowest BCUT2D eigenvalue weighted by molar-refractivity contribution is -0.165. The maximum absolute atomic E-state index is 11.9. The van der Waals surface area contributed by atoms with Crippen LogP contribution in [0.1, 0.15) is 52.9 Å². The fourth-order valence-corrected chi connectivity index (χ4v) is 4.38. The summed E-state index contributed by atoms with van der Waals surface area (Å²) in [4.78, 5) is 35.3. The number of hydrogen-bond donors (Lipinski definition) is 0. The fraction of sp³-hybridized carbons (Fsp3) is 0.824. The molecule has 3 unspecified atom stereocenters. The molecule has 1 aliphatic carbocycles. The van der Waals surface area contributed by atoms with Gasteiger partial charge < -0.3 is 14.2 Å². The number of carbonyl (C=O) groups excluding carboxylic acids is 3. The molecule has 1 saturated carbocycles. The predicted molar refractivity (Wildman–Crippen MR) is 91.9 cm³/mol. The number of rotatable bonds is 8. The molecule has 2 bridgehead atoms. The third-order valence-corrected chi connectivity index (χ3v) is 6.70. The number of ether oxygens (including phenoxy) is 3. The molecule has 0 aromatic rings. The van der Waals surface area contributed by atoms with Crippen molar-refractivity contribution in [3.8, 4) is 0 Å². The van der Waals surface area contributed by atoms with Gasteiger partial charge in [-0.05, 0) is 39.5 Å². The van der Waals surface area contributed by atoms with Crippen molar-refractivity contribution in [2.45, 2.75) is 70.3 Å². The highest BCUT2D eigenvalue weighted by Crippen LogP contribution is 2.37. The van der Waals surface area contributed by atoms with Gasteiger partial charge in [0.1, 0.15) is 31.8 Å². The SMILES string of the molecule is CCC(C)(C)C(=O)OCCOC(=O)CC(=O)OC1CCC2CC1OS2(=O)=O. The van der Waals surface area contributed by atoms with Crippen molar-refractivity contribution in [2.75, 3.05) is 13.2 Å². The monoisotopic (exact) mass is 406 g/mol. The van der Waals surface area contributed by atoms with E-state index in [1.165, 1.54) is 0 Å². The van der Waals surface area contributed by atoms with Gasteiger partial charge in [0.15, 0.2) is 0 Å². The molecule has 1 heterocycles. The largest absolute Gasteiger partial charge is 0.462 e. The summed E-state index contributed by atoms with van der Waals surface area (Å²) in [6, 6.07) is 0. The minimum absolute atomic E-state index is 0.0964. The van der Waals surface area contributed by atoms with Gasteiger partial charge in [0.05, 0.1) is 10.7 Å². The van der Waals surface area contributed by atoms with E-state index in [1.54, 1.807) is 13.8 Å². The standard InChI is InChI=1S/C17H26O9S/c1-4-17(2,3)16(20)24-8-7-23-14(18)10-15(19)25-12-6-5-11-9-13(12)26-27(11,21)22/h11-13H,4-10H2,1-3H3. The van der Waals surface area contributed by atoms with Crippen LogP contribution in [0.25, 0.3) is 0 Å². The van der Waals surface area contributed by atoms with Crippen LogP contribution in [0.4, 0.5) is 0 Å². The zero-order valence-corrected chi connectivity index (χ0v) is 16.6. The summed E-state index contributed by atoms with van der Waals surface area (Å²) in [6.45, 7) is 5.12. The van der Waals surface area contributed by atoms with Crippen LogP contribution < -0.4 is 0 Å². The minimum Gasteiger partial charge on any atom is -0.462 e. The third kappa shape index (κ3) is 5.65. The Kier molecular flexibility index (Phi) is 6.85. The minimum atomic E-state index is -3.57. The van der Waals surface area contributed by atoms with Crippen LogP contribution in [0, 0.1) is 5.41 Å². The third-order valence-electron chi connectivity index (χ3n) is 4.94. The highest BCUT2D eigenvalue weighted by molar-refractivity contribution is 7.87. The molecule has 2 aliphatic rings. The van der Waals surface area contributed by atoms with E-state index in [0.29, 0.717) is 25.7 Å². The number of hydrogen-bond acceptors (Lipinski definition) is 9. The molecule has 2 fully saturated rings. The highest BCUT2D eigenvalue weighted by atomic mass is 32.2. The fourth-order valence-electron chi connectivity index (χ4n) is 2.82. The van der Waals surface area contributed by atoms with Gasteiger partial charge in [-0.1, -0.05) is 6.92 Å². The molecule has 0 amide bonds. The van der Waals surface area contributed by atoms with E-state index in [-0.39, 0.29) is 19.2 Å². The Labute approximate surface area is 158 Å². The summed E-state index contributed by atoms with van der Waals surface area (Å²) >= 11 is 0. The Morgan fingerprint density at radius 1 is 1.07 bits per heavy atom. The van der Waals surface area contributed by atoms with Crippen LogP contribution in [0.3, 0.4) is 0 Å². The summed E-state index contributed by atoms with van der Waals surface area (Å²) in [5, 5.41) is -0.539. The van der Waals surface area contributed by atoms with Crippen molar-refractivity contribution in [1.82, 2.24) is 0 Å². The molecular formula is C17H26O9S. The normalized spacial score (nSPS) is 26.3. The smallest absolute Gasteiger partial charge is 0.317 e. The van der Waals surface area contributed by atoms with Gasteiger partial charge in [0.25, 0.3) is 10.1 Å². The van der Waals surface area contributed by atoms with Crippen molar-refractivity contribution in [3.05, 3.63) is 0 Å². The van der Waals surface area contributed by atoms with Gasteiger partial charge in [0.2, 0.25) is 0 Å². The molecule has 154 valence electrons. The molecule has 0 N–H and O–H groups in total. The Morgan fingerprint density at radius 3 is 2.41 bits per heavy atom. The van der Waals surface area contributed by atoms with E-state index in [1.807, 2.05) is 6.92 Å². The maximum atomic E-state index is 11.9. The van der Waals surface area contributed by atoms with Gasteiger partial charge in [-0.15, -0.1) is 0 Å². The van der Waals surface area contributed by atoms with E-state index >= 15 is 0 Å². The van der Waals surface area contributed by atoms with Crippen LogP contribution in [0.5, 0.6) is 0 Å². The van der Waals surface area contributed by atoms with Crippen molar-refractivity contribution < 1.29 is 41.2 Å². The summed E-state index contributed by atoms with van der Waals surface area (Å²) in [5.74, 6) is -2.00. The molecular weight excluding hydrogens is 380 g/mol. The Morgan fingerprint density at radius 2 is 1.74 bits per heavy atom. The van der Waals surface area contributed by atoms with Crippen molar-refractivity contribution in [1.29, 1.82) is 0 Å². The number of fused-ring (bicyclic) bond motifs is 2.